The molecule has 27 heavy (non-hydrogen) atoms. The van der Waals surface area contributed by atoms with Gasteiger partial charge < -0.3 is 4.74 Å². The van der Waals surface area contributed by atoms with Crippen molar-refractivity contribution >= 4 is 11.8 Å². The highest BCUT2D eigenvalue weighted by Crippen LogP contribution is 2.25. The van der Waals surface area contributed by atoms with E-state index in [-0.39, 0.29) is 5.78 Å². The lowest BCUT2D eigenvalue weighted by molar-refractivity contribution is 0.0279. The minimum absolute atomic E-state index is 0.235. The third-order valence-corrected chi connectivity index (χ3v) is 4.54. The smallest absolute Gasteiger partial charge is 0.339 e. The maximum Gasteiger partial charge on any atom is 0.339 e. The van der Waals surface area contributed by atoms with E-state index in [4.69, 9.17) is 4.74 Å². The van der Waals surface area contributed by atoms with Gasteiger partial charge in [-0.2, -0.15) is 0 Å². The van der Waals surface area contributed by atoms with Gasteiger partial charge in [0.05, 0.1) is 5.56 Å². The van der Waals surface area contributed by atoms with Crippen molar-refractivity contribution in [1.29, 1.82) is 0 Å². The van der Waals surface area contributed by atoms with Crippen LogP contribution in [0.15, 0.2) is 72.8 Å². The second-order valence-corrected chi connectivity index (χ2v) is 6.74. The number of aryl methyl sites for hydroxylation is 3. The molecule has 0 unspecified atom stereocenters. The van der Waals surface area contributed by atoms with Crippen molar-refractivity contribution in [3.63, 3.8) is 0 Å². The fraction of sp³-hybridized carbons (Fsp3) is 0.167. The third-order valence-electron chi connectivity index (χ3n) is 4.54. The molecule has 0 aliphatic carbocycles. The molecule has 3 nitrogen and oxygen atoms in total. The molecule has 0 aliphatic heterocycles. The van der Waals surface area contributed by atoms with E-state index in [9.17, 15) is 9.59 Å². The average molecular weight is 358 g/mol. The molecule has 0 spiro atoms. The first kappa shape index (κ1) is 18.6. The van der Waals surface area contributed by atoms with Gasteiger partial charge in [0, 0.05) is 11.1 Å². The van der Waals surface area contributed by atoms with Gasteiger partial charge in [-0.3, -0.25) is 4.79 Å². The van der Waals surface area contributed by atoms with Gasteiger partial charge in [0.15, 0.2) is 6.10 Å². The Morgan fingerprint density at radius 1 is 0.741 bits per heavy atom. The molecule has 0 fully saturated rings. The van der Waals surface area contributed by atoms with Crippen LogP contribution in [-0.2, 0) is 4.74 Å². The highest BCUT2D eigenvalue weighted by atomic mass is 16.5. The van der Waals surface area contributed by atoms with E-state index >= 15 is 0 Å². The first-order chi connectivity index (χ1) is 13.0. The van der Waals surface area contributed by atoms with Crippen molar-refractivity contribution in [2.75, 3.05) is 0 Å². The van der Waals surface area contributed by atoms with E-state index in [0.29, 0.717) is 16.7 Å². The fourth-order valence-corrected chi connectivity index (χ4v) is 2.86. The van der Waals surface area contributed by atoms with Crippen LogP contribution < -0.4 is 0 Å². The minimum Gasteiger partial charge on any atom is -0.445 e. The Hall–Kier alpha value is -3.20. The van der Waals surface area contributed by atoms with Gasteiger partial charge in [-0.25, -0.2) is 4.79 Å². The van der Waals surface area contributed by atoms with Crippen LogP contribution in [0.5, 0.6) is 0 Å². The monoisotopic (exact) mass is 358 g/mol. The summed E-state index contributed by atoms with van der Waals surface area (Å²) in [7, 11) is 0. The van der Waals surface area contributed by atoms with Crippen molar-refractivity contribution in [1.82, 2.24) is 0 Å². The number of hydrogen-bond acceptors (Lipinski definition) is 3. The number of hydrogen-bond donors (Lipinski definition) is 0. The molecule has 0 aliphatic rings. The van der Waals surface area contributed by atoms with Gasteiger partial charge >= 0.3 is 5.97 Å². The maximum atomic E-state index is 13.1. The summed E-state index contributed by atoms with van der Waals surface area (Å²) < 4.78 is 5.70. The first-order valence-corrected chi connectivity index (χ1v) is 8.90. The van der Waals surface area contributed by atoms with Crippen molar-refractivity contribution in [3.05, 3.63) is 106 Å². The van der Waals surface area contributed by atoms with E-state index in [2.05, 4.69) is 0 Å². The molecular formula is C24H22O3. The first-order valence-electron chi connectivity index (χ1n) is 8.90. The zero-order valence-electron chi connectivity index (χ0n) is 15.7. The van der Waals surface area contributed by atoms with Crippen molar-refractivity contribution in [2.24, 2.45) is 0 Å². The van der Waals surface area contributed by atoms with Crippen LogP contribution in [0.2, 0.25) is 0 Å². The lowest BCUT2D eigenvalue weighted by Gasteiger charge is -2.18. The van der Waals surface area contributed by atoms with Gasteiger partial charge in [-0.05, 0) is 32.4 Å². The Morgan fingerprint density at radius 2 is 1.30 bits per heavy atom. The number of ether oxygens (including phenoxy) is 1. The fourth-order valence-electron chi connectivity index (χ4n) is 2.86. The Balaban J connectivity index is 1.96. The lowest BCUT2D eigenvalue weighted by atomic mass is 9.98. The van der Waals surface area contributed by atoms with Crippen LogP contribution >= 0.6 is 0 Å². The SMILES string of the molecule is Cc1ccc(C(=O)[C@@H](OC(=O)c2ccccc2C)c2ccc(C)cc2)cc1. The normalized spacial score (nSPS) is 11.7. The zero-order chi connectivity index (χ0) is 19.4. The Labute approximate surface area is 159 Å². The Kier molecular flexibility index (Phi) is 5.51. The van der Waals surface area contributed by atoms with Gasteiger partial charge in [0.1, 0.15) is 0 Å². The van der Waals surface area contributed by atoms with Crippen LogP contribution in [0.25, 0.3) is 0 Å². The van der Waals surface area contributed by atoms with Gasteiger partial charge in [-0.15, -0.1) is 0 Å². The summed E-state index contributed by atoms with van der Waals surface area (Å²) >= 11 is 0. The standard InChI is InChI=1S/C24H22O3/c1-16-8-12-19(13-9-16)22(25)23(20-14-10-17(2)11-15-20)27-24(26)21-7-5-4-6-18(21)3/h4-15,23H,1-3H3/t23-/m0/s1. The molecule has 0 saturated heterocycles. The summed E-state index contributed by atoms with van der Waals surface area (Å²) in [6, 6.07) is 22.0. The lowest BCUT2D eigenvalue weighted by Crippen LogP contribution is -2.21. The second-order valence-electron chi connectivity index (χ2n) is 6.74. The molecule has 136 valence electrons. The quantitative estimate of drug-likeness (QED) is 0.453. The minimum atomic E-state index is -0.986. The molecule has 3 aromatic rings. The van der Waals surface area contributed by atoms with Crippen molar-refractivity contribution in [2.45, 2.75) is 26.9 Å². The van der Waals surface area contributed by atoms with E-state index in [1.165, 1.54) is 0 Å². The zero-order valence-corrected chi connectivity index (χ0v) is 15.7. The van der Waals surface area contributed by atoms with E-state index in [1.54, 1.807) is 24.3 Å². The van der Waals surface area contributed by atoms with Crippen LogP contribution in [0.3, 0.4) is 0 Å². The second kappa shape index (κ2) is 8.00. The molecule has 0 bridgehead atoms. The number of ketones is 1. The van der Waals surface area contributed by atoms with Gasteiger partial charge in [0.2, 0.25) is 5.78 Å². The summed E-state index contributed by atoms with van der Waals surface area (Å²) in [5.74, 6) is -0.736. The molecule has 3 heteroatoms. The van der Waals surface area contributed by atoms with Crippen molar-refractivity contribution < 1.29 is 14.3 Å². The van der Waals surface area contributed by atoms with Crippen LogP contribution in [0.4, 0.5) is 0 Å². The summed E-state index contributed by atoms with van der Waals surface area (Å²) in [6.45, 7) is 5.78. The van der Waals surface area contributed by atoms with Crippen molar-refractivity contribution in [3.8, 4) is 0 Å². The number of carbonyl (C=O) groups excluding carboxylic acids is 2. The van der Waals surface area contributed by atoms with E-state index in [0.717, 1.165) is 16.7 Å². The highest BCUT2D eigenvalue weighted by Gasteiger charge is 2.27. The largest absolute Gasteiger partial charge is 0.445 e. The number of Topliss-reactive ketones (excluding diaryl/α,β-unsaturated/α-hetero) is 1. The van der Waals surface area contributed by atoms with E-state index in [1.807, 2.05) is 69.3 Å². The molecular weight excluding hydrogens is 336 g/mol. The summed E-state index contributed by atoms with van der Waals surface area (Å²) in [5, 5.41) is 0. The molecule has 0 amide bonds. The number of carbonyl (C=O) groups is 2. The Bertz CT molecular complexity index is 954. The molecule has 1 atom stereocenters. The van der Waals surface area contributed by atoms with E-state index < -0.39 is 12.1 Å². The molecule has 3 rings (SSSR count). The predicted octanol–water partition coefficient (Wildman–Crippen LogP) is 5.39. The third kappa shape index (κ3) is 4.32. The maximum absolute atomic E-state index is 13.1. The predicted molar refractivity (Wildman–Crippen MR) is 106 cm³/mol. The average Bonchev–Trinajstić information content (AvgIpc) is 2.67. The van der Waals surface area contributed by atoms with Gasteiger partial charge in [-0.1, -0.05) is 77.9 Å². The summed E-state index contributed by atoms with van der Waals surface area (Å²) in [6.07, 6.45) is -0.986. The molecule has 0 radical (unpaired) electrons. The number of esters is 1. The molecule has 0 heterocycles. The highest BCUT2D eigenvalue weighted by molar-refractivity contribution is 6.02. The van der Waals surface area contributed by atoms with Crippen LogP contribution in [0.1, 0.15) is 49.1 Å². The molecule has 3 aromatic carbocycles. The van der Waals surface area contributed by atoms with Gasteiger partial charge in [0.25, 0.3) is 0 Å². The summed E-state index contributed by atoms with van der Waals surface area (Å²) in [4.78, 5) is 25.8. The molecule has 0 N–H and O–H groups in total. The number of rotatable bonds is 5. The topological polar surface area (TPSA) is 43.4 Å². The Morgan fingerprint density at radius 3 is 1.89 bits per heavy atom. The number of benzene rings is 3. The molecule has 0 aromatic heterocycles. The molecule has 0 saturated carbocycles. The van der Waals surface area contributed by atoms with Crippen LogP contribution in [-0.4, -0.2) is 11.8 Å². The van der Waals surface area contributed by atoms with Crippen LogP contribution in [0, 0.1) is 20.8 Å². The summed E-state index contributed by atoms with van der Waals surface area (Å²) in [5.41, 5.74) is 4.59.